The van der Waals surface area contributed by atoms with E-state index in [0.717, 1.165) is 32.6 Å². The van der Waals surface area contributed by atoms with Gasteiger partial charge >= 0.3 is 0 Å². The van der Waals surface area contributed by atoms with Crippen molar-refractivity contribution in [2.75, 3.05) is 5.32 Å². The number of unbranched alkanes of at least 4 members (excludes halogenated alkanes) is 1. The van der Waals surface area contributed by atoms with Crippen LogP contribution in [0, 0.1) is 6.92 Å². The number of halogens is 1. The Kier molecular flexibility index (Phi) is 5.74. The molecule has 0 aliphatic heterocycles. The largest absolute Gasteiger partial charge is 0.340 e. The fourth-order valence-corrected chi connectivity index (χ4v) is 4.65. The summed E-state index contributed by atoms with van der Waals surface area (Å²) in [7, 11) is 0. The van der Waals surface area contributed by atoms with Gasteiger partial charge in [-0.2, -0.15) is 0 Å². The molecule has 1 N–H and O–H groups in total. The Labute approximate surface area is 178 Å². The number of thiophene rings is 1. The summed E-state index contributed by atoms with van der Waals surface area (Å²) in [5.74, 6) is 0.855. The van der Waals surface area contributed by atoms with Crippen molar-refractivity contribution < 1.29 is 0 Å². The molecule has 0 saturated carbocycles. The lowest BCUT2D eigenvalue weighted by molar-refractivity contribution is 0.795. The van der Waals surface area contributed by atoms with Crippen LogP contribution in [-0.4, -0.2) is 9.97 Å². The number of nitrogens with zero attached hydrogens (tertiary/aromatic N) is 2. The Bertz CT molecular complexity index is 1090. The van der Waals surface area contributed by atoms with Crippen LogP contribution in [0.15, 0.2) is 59.3 Å². The van der Waals surface area contributed by atoms with E-state index in [4.69, 9.17) is 0 Å². The molecule has 5 heteroatoms. The number of aryl methyl sites for hydroxylation is 2. The van der Waals surface area contributed by atoms with E-state index in [1.165, 1.54) is 34.4 Å². The first-order chi connectivity index (χ1) is 13.7. The van der Waals surface area contributed by atoms with Crippen molar-refractivity contribution in [3.8, 4) is 11.1 Å². The van der Waals surface area contributed by atoms with Crippen molar-refractivity contribution in [3.05, 3.63) is 69.8 Å². The van der Waals surface area contributed by atoms with Gasteiger partial charge in [-0.05, 0) is 55.2 Å². The lowest BCUT2D eigenvalue weighted by atomic mass is 10.0. The zero-order valence-corrected chi connectivity index (χ0v) is 18.4. The zero-order chi connectivity index (χ0) is 19.5. The average Bonchev–Trinajstić information content (AvgIpc) is 3.05. The van der Waals surface area contributed by atoms with E-state index in [1.54, 1.807) is 17.7 Å². The lowest BCUT2D eigenvalue weighted by Crippen LogP contribution is -1.96. The molecule has 0 radical (unpaired) electrons. The fraction of sp³-hybridized carbons (Fsp3) is 0.217. The van der Waals surface area contributed by atoms with Crippen LogP contribution in [-0.2, 0) is 6.42 Å². The minimum absolute atomic E-state index is 0.855. The molecule has 0 aliphatic carbocycles. The Morgan fingerprint density at radius 1 is 1.00 bits per heavy atom. The Morgan fingerprint density at radius 2 is 1.75 bits per heavy atom. The maximum atomic E-state index is 4.57. The normalized spacial score (nSPS) is 11.1. The van der Waals surface area contributed by atoms with Crippen LogP contribution >= 0.6 is 27.3 Å². The number of nitrogens with one attached hydrogen (secondary N) is 1. The van der Waals surface area contributed by atoms with Crippen LogP contribution in [0.3, 0.4) is 0 Å². The molecule has 0 fully saturated rings. The molecule has 0 unspecified atom stereocenters. The van der Waals surface area contributed by atoms with Gasteiger partial charge in [-0.1, -0.05) is 53.5 Å². The second-order valence-electron chi connectivity index (χ2n) is 6.87. The van der Waals surface area contributed by atoms with Crippen LogP contribution in [0.2, 0.25) is 0 Å². The average molecular weight is 452 g/mol. The van der Waals surface area contributed by atoms with E-state index in [1.807, 2.05) is 0 Å². The highest BCUT2D eigenvalue weighted by Gasteiger charge is 2.17. The molecule has 2 heterocycles. The van der Waals surface area contributed by atoms with Gasteiger partial charge in [0.05, 0.1) is 5.39 Å². The second-order valence-corrected chi connectivity index (χ2v) is 8.99. The number of rotatable bonds is 6. The van der Waals surface area contributed by atoms with Gasteiger partial charge in [-0.3, -0.25) is 0 Å². The molecule has 4 aromatic rings. The predicted molar refractivity (Wildman–Crippen MR) is 124 cm³/mol. The van der Waals surface area contributed by atoms with Crippen molar-refractivity contribution in [3.63, 3.8) is 0 Å². The van der Waals surface area contributed by atoms with Crippen LogP contribution in [0.4, 0.5) is 11.5 Å². The maximum Gasteiger partial charge on any atom is 0.143 e. The van der Waals surface area contributed by atoms with Gasteiger partial charge in [0, 0.05) is 20.6 Å². The first kappa shape index (κ1) is 19.1. The number of hydrogen-bond donors (Lipinski definition) is 1. The molecule has 0 saturated heterocycles. The Balaban J connectivity index is 1.72. The van der Waals surface area contributed by atoms with E-state index in [2.05, 4.69) is 93.6 Å². The highest BCUT2D eigenvalue weighted by molar-refractivity contribution is 9.10. The van der Waals surface area contributed by atoms with E-state index >= 15 is 0 Å². The summed E-state index contributed by atoms with van der Waals surface area (Å²) < 4.78 is 1.08. The molecule has 2 aromatic carbocycles. The van der Waals surface area contributed by atoms with Crippen molar-refractivity contribution in [2.24, 2.45) is 0 Å². The first-order valence-corrected chi connectivity index (χ1v) is 11.1. The van der Waals surface area contributed by atoms with Crippen LogP contribution in [0.5, 0.6) is 0 Å². The molecule has 142 valence electrons. The standard InChI is InChI=1S/C23H22BrN3S/c1-3-4-5-16-6-12-19(13-7-16)27-22-21-20(17-8-10-18(24)11-9-17)15(2)28-23(21)26-14-25-22/h6-14H,3-5H2,1-2H3,(H,25,26,27). The molecule has 0 aliphatic rings. The summed E-state index contributed by atoms with van der Waals surface area (Å²) in [6.07, 6.45) is 5.22. The van der Waals surface area contributed by atoms with Crippen molar-refractivity contribution in [2.45, 2.75) is 33.1 Å². The molecule has 4 rings (SSSR count). The molecule has 3 nitrogen and oxygen atoms in total. The lowest BCUT2D eigenvalue weighted by Gasteiger charge is -2.10. The Morgan fingerprint density at radius 3 is 2.46 bits per heavy atom. The molecule has 0 bridgehead atoms. The van der Waals surface area contributed by atoms with Crippen LogP contribution in [0.25, 0.3) is 21.3 Å². The van der Waals surface area contributed by atoms with Gasteiger partial charge in [-0.15, -0.1) is 11.3 Å². The Hall–Kier alpha value is -2.24. The van der Waals surface area contributed by atoms with Gasteiger partial charge in [0.1, 0.15) is 17.0 Å². The zero-order valence-electron chi connectivity index (χ0n) is 16.0. The van der Waals surface area contributed by atoms with E-state index in [-0.39, 0.29) is 0 Å². The van der Waals surface area contributed by atoms with Gasteiger partial charge < -0.3 is 5.32 Å². The molecule has 0 amide bonds. The van der Waals surface area contributed by atoms with E-state index in [0.29, 0.717) is 0 Å². The van der Waals surface area contributed by atoms with Gasteiger partial charge in [0.2, 0.25) is 0 Å². The fourth-order valence-electron chi connectivity index (χ4n) is 3.38. The highest BCUT2D eigenvalue weighted by atomic mass is 79.9. The summed E-state index contributed by atoms with van der Waals surface area (Å²) in [6.45, 7) is 4.37. The molecule has 28 heavy (non-hydrogen) atoms. The van der Waals surface area contributed by atoms with Crippen LogP contribution < -0.4 is 5.32 Å². The minimum Gasteiger partial charge on any atom is -0.340 e. The number of hydrogen-bond acceptors (Lipinski definition) is 4. The van der Waals surface area contributed by atoms with Crippen LogP contribution in [0.1, 0.15) is 30.2 Å². The van der Waals surface area contributed by atoms with Gasteiger partial charge in [0.25, 0.3) is 0 Å². The highest BCUT2D eigenvalue weighted by Crippen LogP contribution is 2.41. The monoisotopic (exact) mass is 451 g/mol. The van der Waals surface area contributed by atoms with E-state index < -0.39 is 0 Å². The van der Waals surface area contributed by atoms with Crippen molar-refractivity contribution in [1.29, 1.82) is 0 Å². The summed E-state index contributed by atoms with van der Waals surface area (Å²) in [5.41, 5.74) is 4.81. The molecule has 0 spiro atoms. The number of anilines is 2. The third kappa shape index (κ3) is 3.96. The van der Waals surface area contributed by atoms with Crippen molar-refractivity contribution >= 4 is 49.0 Å². The molecular weight excluding hydrogens is 430 g/mol. The molecule has 2 aromatic heterocycles. The second kappa shape index (κ2) is 8.41. The minimum atomic E-state index is 0.855. The summed E-state index contributed by atoms with van der Waals surface area (Å²) >= 11 is 5.23. The quantitative estimate of drug-likeness (QED) is 0.329. The topological polar surface area (TPSA) is 37.8 Å². The first-order valence-electron chi connectivity index (χ1n) is 9.51. The van der Waals surface area contributed by atoms with Crippen molar-refractivity contribution in [1.82, 2.24) is 9.97 Å². The van der Waals surface area contributed by atoms with Gasteiger partial charge in [-0.25, -0.2) is 9.97 Å². The van der Waals surface area contributed by atoms with Gasteiger partial charge in [0.15, 0.2) is 0 Å². The summed E-state index contributed by atoms with van der Waals surface area (Å²) in [6, 6.07) is 17.1. The maximum absolute atomic E-state index is 4.57. The summed E-state index contributed by atoms with van der Waals surface area (Å²) in [5, 5.41) is 4.60. The summed E-state index contributed by atoms with van der Waals surface area (Å²) in [4.78, 5) is 11.3. The smallest absolute Gasteiger partial charge is 0.143 e. The molecule has 0 atom stereocenters. The number of aromatic nitrogens is 2. The SMILES string of the molecule is CCCCc1ccc(Nc2ncnc3sc(C)c(-c4ccc(Br)cc4)c23)cc1. The number of benzene rings is 2. The number of fused-ring (bicyclic) bond motifs is 1. The molecular formula is C23H22BrN3S. The third-order valence-electron chi connectivity index (χ3n) is 4.83. The predicted octanol–water partition coefficient (Wildman–Crippen LogP) is 7.52. The third-order valence-corrected chi connectivity index (χ3v) is 6.37. The van der Waals surface area contributed by atoms with E-state index in [9.17, 15) is 0 Å².